The van der Waals surface area contributed by atoms with Crippen LogP contribution in [0.5, 0.6) is 0 Å². The Kier molecular flexibility index (Phi) is 4.15. The van der Waals surface area contributed by atoms with Gasteiger partial charge in [-0.2, -0.15) is 0 Å². The van der Waals surface area contributed by atoms with Gasteiger partial charge in [-0.05, 0) is 25.0 Å². The van der Waals surface area contributed by atoms with Crippen molar-refractivity contribution >= 4 is 17.3 Å². The molecule has 1 N–H and O–H groups in total. The van der Waals surface area contributed by atoms with Crippen LogP contribution in [0.2, 0.25) is 5.02 Å². The fraction of sp³-hybridized carbons (Fsp3) is 0.600. The summed E-state index contributed by atoms with van der Waals surface area (Å²) >= 11 is 6.22. The first kappa shape index (κ1) is 14.1. The lowest BCUT2D eigenvalue weighted by atomic mass is 10.0. The van der Waals surface area contributed by atoms with Gasteiger partial charge in [-0.25, -0.2) is 4.39 Å². The fourth-order valence-corrected chi connectivity index (χ4v) is 3.51. The summed E-state index contributed by atoms with van der Waals surface area (Å²) in [6, 6.07) is 8.26. The number of benzene rings is 1. The highest BCUT2D eigenvalue weighted by molar-refractivity contribution is 6.33. The molecule has 3 rings (SSSR count). The van der Waals surface area contributed by atoms with Gasteiger partial charge in [0.05, 0.1) is 16.8 Å². The Labute approximate surface area is 123 Å². The molecule has 0 bridgehead atoms. The molecule has 0 saturated carbocycles. The molecule has 20 heavy (non-hydrogen) atoms. The number of hydrogen-bond acceptors (Lipinski definition) is 3. The highest BCUT2D eigenvalue weighted by Crippen LogP contribution is 2.30. The Hall–Kier alpha value is -0.840. The van der Waals surface area contributed by atoms with Gasteiger partial charge < -0.3 is 10.0 Å². The summed E-state index contributed by atoms with van der Waals surface area (Å²) in [5, 5.41) is 10.3. The van der Waals surface area contributed by atoms with Crippen molar-refractivity contribution in [2.24, 2.45) is 0 Å². The van der Waals surface area contributed by atoms with Gasteiger partial charge in [0.1, 0.15) is 6.17 Å². The molecule has 2 fully saturated rings. The molecule has 2 aliphatic rings. The predicted molar refractivity (Wildman–Crippen MR) is 79.2 cm³/mol. The molecule has 2 atom stereocenters. The van der Waals surface area contributed by atoms with E-state index in [0.29, 0.717) is 19.1 Å². The number of halogens is 2. The van der Waals surface area contributed by atoms with E-state index in [4.69, 9.17) is 11.6 Å². The fourth-order valence-electron chi connectivity index (χ4n) is 3.25. The maximum atomic E-state index is 13.4. The first-order chi connectivity index (χ1) is 9.65. The number of nitrogens with zero attached hydrogens (tertiary/aromatic N) is 2. The smallest absolute Gasteiger partial charge is 0.140 e. The average Bonchev–Trinajstić information content (AvgIpc) is 2.80. The van der Waals surface area contributed by atoms with Gasteiger partial charge in [0, 0.05) is 32.2 Å². The third kappa shape index (κ3) is 2.78. The first-order valence-electron chi connectivity index (χ1n) is 7.21. The molecule has 0 unspecified atom stereocenters. The topological polar surface area (TPSA) is 26.7 Å². The molecule has 0 aromatic heterocycles. The zero-order chi connectivity index (χ0) is 14.1. The van der Waals surface area contributed by atoms with Crippen molar-refractivity contribution in [2.75, 3.05) is 31.1 Å². The second kappa shape index (κ2) is 5.88. The lowest BCUT2D eigenvalue weighted by Crippen LogP contribution is -2.44. The van der Waals surface area contributed by atoms with Crippen molar-refractivity contribution in [1.29, 1.82) is 0 Å². The van der Waals surface area contributed by atoms with Crippen molar-refractivity contribution in [3.05, 3.63) is 29.3 Å². The number of anilines is 1. The molecule has 2 aliphatic heterocycles. The highest BCUT2D eigenvalue weighted by Gasteiger charge is 2.36. The van der Waals surface area contributed by atoms with Crippen LogP contribution in [0.15, 0.2) is 24.3 Å². The van der Waals surface area contributed by atoms with Crippen molar-refractivity contribution in [1.82, 2.24) is 4.90 Å². The summed E-state index contributed by atoms with van der Waals surface area (Å²) in [5.74, 6) is 0. The minimum Gasteiger partial charge on any atom is -0.389 e. The van der Waals surface area contributed by atoms with E-state index >= 15 is 0 Å². The van der Waals surface area contributed by atoms with E-state index in [1.54, 1.807) is 0 Å². The minimum absolute atomic E-state index is 0.373. The number of piperidine rings is 1. The second-order valence-electron chi connectivity index (χ2n) is 5.71. The summed E-state index contributed by atoms with van der Waals surface area (Å²) in [6.07, 6.45) is 0.0863. The number of likely N-dealkylation sites (tertiary alicyclic amines) is 1. The maximum absolute atomic E-state index is 13.4. The van der Waals surface area contributed by atoms with E-state index in [2.05, 4.69) is 9.80 Å². The van der Waals surface area contributed by atoms with Crippen LogP contribution in [0.3, 0.4) is 0 Å². The monoisotopic (exact) mass is 298 g/mol. The SMILES string of the molecule is O[C@@H]1CN(C2CCN(c3ccccc3Cl)CC2)C[C@H]1F. The highest BCUT2D eigenvalue weighted by atomic mass is 35.5. The summed E-state index contributed by atoms with van der Waals surface area (Å²) < 4.78 is 13.4. The molecule has 1 aromatic rings. The van der Waals surface area contributed by atoms with Gasteiger partial charge in [-0.1, -0.05) is 23.7 Å². The van der Waals surface area contributed by atoms with E-state index in [9.17, 15) is 9.50 Å². The van der Waals surface area contributed by atoms with E-state index in [1.807, 2.05) is 24.3 Å². The third-order valence-electron chi connectivity index (χ3n) is 4.42. The molecule has 0 aliphatic carbocycles. The van der Waals surface area contributed by atoms with E-state index in [-0.39, 0.29) is 0 Å². The molecule has 0 spiro atoms. The summed E-state index contributed by atoms with van der Waals surface area (Å²) in [5.41, 5.74) is 1.08. The molecule has 5 heteroatoms. The maximum Gasteiger partial charge on any atom is 0.140 e. The normalized spacial score (nSPS) is 29.1. The lowest BCUT2D eigenvalue weighted by Gasteiger charge is -2.38. The summed E-state index contributed by atoms with van der Waals surface area (Å²) in [6.45, 7) is 2.70. The standard InChI is InChI=1S/C15H20ClFN2O/c16-12-3-1-2-4-14(12)18-7-5-11(6-8-18)19-9-13(17)15(20)10-19/h1-4,11,13,15,20H,5-10H2/t13-,15-/m1/s1. The quantitative estimate of drug-likeness (QED) is 0.908. The zero-order valence-electron chi connectivity index (χ0n) is 11.4. The van der Waals surface area contributed by atoms with Crippen molar-refractivity contribution in [2.45, 2.75) is 31.2 Å². The lowest BCUT2D eigenvalue weighted by molar-refractivity contribution is 0.113. The Morgan fingerprint density at radius 3 is 2.45 bits per heavy atom. The molecule has 110 valence electrons. The van der Waals surface area contributed by atoms with Crippen molar-refractivity contribution in [3.63, 3.8) is 0 Å². The van der Waals surface area contributed by atoms with Crippen molar-refractivity contribution in [3.8, 4) is 0 Å². The molecule has 0 radical (unpaired) electrons. The Balaban J connectivity index is 1.59. The van der Waals surface area contributed by atoms with Crippen LogP contribution >= 0.6 is 11.6 Å². The number of para-hydroxylation sites is 1. The molecular formula is C15H20ClFN2O. The molecule has 2 saturated heterocycles. The van der Waals surface area contributed by atoms with Gasteiger partial charge in [0.25, 0.3) is 0 Å². The van der Waals surface area contributed by atoms with Crippen LogP contribution in [0, 0.1) is 0 Å². The average molecular weight is 299 g/mol. The van der Waals surface area contributed by atoms with Gasteiger partial charge in [0.2, 0.25) is 0 Å². The van der Waals surface area contributed by atoms with Gasteiger partial charge in [-0.15, -0.1) is 0 Å². The third-order valence-corrected chi connectivity index (χ3v) is 4.74. The van der Waals surface area contributed by atoms with E-state index in [1.165, 1.54) is 0 Å². The number of β-amino-alcohol motifs (C(OH)–C–C–N with tert-alkyl or cyclic N) is 1. The molecular weight excluding hydrogens is 279 g/mol. The van der Waals surface area contributed by atoms with Gasteiger partial charge in [-0.3, -0.25) is 4.90 Å². The number of rotatable bonds is 2. The number of alkyl halides is 1. The zero-order valence-corrected chi connectivity index (χ0v) is 12.1. The molecule has 1 aromatic carbocycles. The Bertz CT molecular complexity index is 455. The van der Waals surface area contributed by atoms with Crippen LogP contribution in [-0.4, -0.2) is 54.5 Å². The number of hydrogen-bond donors (Lipinski definition) is 1. The van der Waals surface area contributed by atoms with Crippen molar-refractivity contribution < 1.29 is 9.50 Å². The van der Waals surface area contributed by atoms with Gasteiger partial charge in [0.15, 0.2) is 0 Å². The number of aliphatic hydroxyl groups is 1. The minimum atomic E-state index is -1.09. The second-order valence-corrected chi connectivity index (χ2v) is 6.11. The summed E-state index contributed by atoms with van der Waals surface area (Å²) in [7, 11) is 0. The van der Waals surface area contributed by atoms with Crippen LogP contribution in [0.25, 0.3) is 0 Å². The van der Waals surface area contributed by atoms with Crippen LogP contribution < -0.4 is 4.90 Å². The Morgan fingerprint density at radius 1 is 1.15 bits per heavy atom. The largest absolute Gasteiger partial charge is 0.389 e. The number of aliphatic hydroxyl groups excluding tert-OH is 1. The molecule has 3 nitrogen and oxygen atoms in total. The molecule has 2 heterocycles. The first-order valence-corrected chi connectivity index (χ1v) is 7.58. The summed E-state index contributed by atoms with van der Waals surface area (Å²) in [4.78, 5) is 4.39. The van der Waals surface area contributed by atoms with E-state index in [0.717, 1.165) is 36.6 Å². The molecule has 0 amide bonds. The van der Waals surface area contributed by atoms with Crippen LogP contribution in [0.1, 0.15) is 12.8 Å². The van der Waals surface area contributed by atoms with Crippen LogP contribution in [0.4, 0.5) is 10.1 Å². The van der Waals surface area contributed by atoms with Gasteiger partial charge >= 0.3 is 0 Å². The van der Waals surface area contributed by atoms with E-state index < -0.39 is 12.3 Å². The predicted octanol–water partition coefficient (Wildman–Crippen LogP) is 2.32. The Morgan fingerprint density at radius 2 is 1.85 bits per heavy atom. The van der Waals surface area contributed by atoms with Crippen LogP contribution in [-0.2, 0) is 0 Å².